The maximum absolute atomic E-state index is 11.0. The number of benzene rings is 4. The molecule has 9 rings (SSSR count). The zero-order valence-corrected chi connectivity index (χ0v) is 41.2. The Bertz CT molecular complexity index is 3110. The molecule has 4 aromatic heterocycles. The highest BCUT2D eigenvalue weighted by atomic mass is 16.6. The SMILES string of the molecule is CCCCCCCCC1(CCCCCCCC)c2cc(-n3cc(-c4ccc(C#Cc5ccc([N+](=O)[O-])cc5)cn4)nn3)ccc2-c2ccc(-n3cc(-c4ccc(C#Cc5ccc([N+](=O)[O-])cc5)cn4)nn3)cc21. The highest BCUT2D eigenvalue weighted by Gasteiger charge is 2.43. The smallest absolute Gasteiger partial charge is 0.258 e. The molecule has 0 unspecified atom stereocenters. The average Bonchev–Trinajstić information content (AvgIpc) is 4.18. The van der Waals surface area contributed by atoms with Gasteiger partial charge in [-0.2, -0.15) is 0 Å². The van der Waals surface area contributed by atoms with Crippen molar-refractivity contribution in [2.24, 2.45) is 0 Å². The Morgan fingerprint density at radius 3 is 1.23 bits per heavy atom. The second kappa shape index (κ2) is 23.1. The van der Waals surface area contributed by atoms with Gasteiger partial charge in [0.2, 0.25) is 0 Å². The van der Waals surface area contributed by atoms with E-state index < -0.39 is 9.85 Å². The van der Waals surface area contributed by atoms with Gasteiger partial charge in [-0.3, -0.25) is 30.2 Å². The molecular formula is C59H56N10O4. The maximum atomic E-state index is 11.0. The molecule has 14 nitrogen and oxygen atoms in total. The van der Waals surface area contributed by atoms with E-state index in [0.717, 1.165) is 37.1 Å². The Hall–Kier alpha value is -8.62. The number of non-ortho nitro benzene ring substituents is 2. The average molecular weight is 969 g/mol. The Balaban J connectivity index is 0.998. The number of rotatable bonds is 20. The lowest BCUT2D eigenvalue weighted by Gasteiger charge is -2.33. The maximum Gasteiger partial charge on any atom is 0.269 e. The highest BCUT2D eigenvalue weighted by molar-refractivity contribution is 5.83. The van der Waals surface area contributed by atoms with E-state index in [9.17, 15) is 20.2 Å². The van der Waals surface area contributed by atoms with E-state index >= 15 is 0 Å². The number of nitro benzene ring substituents is 2. The number of fused-ring (bicyclic) bond motifs is 3. The van der Waals surface area contributed by atoms with Crippen molar-refractivity contribution >= 4 is 11.4 Å². The first-order chi connectivity index (χ1) is 35.7. The second-order valence-corrected chi connectivity index (χ2v) is 18.6. The van der Waals surface area contributed by atoms with Gasteiger partial charge in [0.15, 0.2) is 0 Å². The van der Waals surface area contributed by atoms with E-state index in [4.69, 9.17) is 0 Å². The summed E-state index contributed by atoms with van der Waals surface area (Å²) in [7, 11) is 0. The molecule has 0 spiro atoms. The molecule has 73 heavy (non-hydrogen) atoms. The van der Waals surface area contributed by atoms with Crippen molar-refractivity contribution in [3.63, 3.8) is 0 Å². The summed E-state index contributed by atoms with van der Waals surface area (Å²) >= 11 is 0. The summed E-state index contributed by atoms with van der Waals surface area (Å²) in [6.07, 6.45) is 23.8. The molecule has 0 fully saturated rings. The molecule has 8 aromatic rings. The molecule has 0 bridgehead atoms. The van der Waals surface area contributed by atoms with Crippen LogP contribution in [-0.4, -0.2) is 49.8 Å². The van der Waals surface area contributed by atoms with Crippen LogP contribution in [0.1, 0.15) is 137 Å². The number of aromatic nitrogens is 8. The fraction of sp³-hybridized carbons (Fsp3) is 0.288. The standard InChI is InChI=1S/C59H56N10O4/c1-3-5-7-9-11-13-35-59(36-14-12-10-8-6-4-2)53-37-49(66-41-57(62-64-66)55-33-23-45(39-60-55)17-15-43-19-25-47(26-20-43)68(70)71)29-31-51(53)52-32-30-50(38-54(52)59)67-42-58(63-65-67)56-34-24-46(40-61-56)18-16-44-21-27-48(28-22-44)69(72)73/h19-34,37-42H,3-14,35-36H2,1-2H3. The van der Waals surface area contributed by atoms with Crippen LogP contribution in [0.2, 0.25) is 0 Å². The summed E-state index contributed by atoms with van der Waals surface area (Å²) < 4.78 is 3.69. The molecule has 4 heterocycles. The quantitative estimate of drug-likeness (QED) is 0.0309. The molecule has 366 valence electrons. The molecule has 0 amide bonds. The van der Waals surface area contributed by atoms with Crippen LogP contribution in [-0.2, 0) is 5.41 Å². The first-order valence-corrected chi connectivity index (χ1v) is 25.3. The number of hydrogen-bond donors (Lipinski definition) is 0. The predicted octanol–water partition coefficient (Wildman–Crippen LogP) is 13.4. The van der Waals surface area contributed by atoms with Crippen LogP contribution in [0.3, 0.4) is 0 Å². The third-order valence-corrected chi connectivity index (χ3v) is 13.7. The second-order valence-electron chi connectivity index (χ2n) is 18.6. The minimum absolute atomic E-state index is 0.0246. The number of nitro groups is 2. The first kappa shape index (κ1) is 49.4. The first-order valence-electron chi connectivity index (χ1n) is 25.3. The highest BCUT2D eigenvalue weighted by Crippen LogP contribution is 2.55. The summed E-state index contributed by atoms with van der Waals surface area (Å²) in [4.78, 5) is 30.6. The van der Waals surface area contributed by atoms with Crippen LogP contribution in [0.15, 0.2) is 134 Å². The van der Waals surface area contributed by atoms with Gasteiger partial charge in [-0.05, 0) is 108 Å². The van der Waals surface area contributed by atoms with Crippen LogP contribution in [0, 0.1) is 43.9 Å². The van der Waals surface area contributed by atoms with Crippen molar-refractivity contribution in [1.29, 1.82) is 0 Å². The van der Waals surface area contributed by atoms with Gasteiger partial charge in [0.25, 0.3) is 11.4 Å². The van der Waals surface area contributed by atoms with Gasteiger partial charge >= 0.3 is 0 Å². The molecule has 0 atom stereocenters. The van der Waals surface area contributed by atoms with E-state index in [1.807, 2.05) is 46.0 Å². The van der Waals surface area contributed by atoms with Gasteiger partial charge in [0.05, 0.1) is 45.0 Å². The lowest BCUT2D eigenvalue weighted by molar-refractivity contribution is -0.385. The Morgan fingerprint density at radius 2 is 0.849 bits per heavy atom. The third-order valence-electron chi connectivity index (χ3n) is 13.7. The molecule has 0 N–H and O–H groups in total. The van der Waals surface area contributed by atoms with Crippen molar-refractivity contribution in [2.75, 3.05) is 0 Å². The number of hydrogen-bond acceptors (Lipinski definition) is 10. The molecule has 1 aliphatic carbocycles. The zero-order valence-electron chi connectivity index (χ0n) is 41.2. The van der Waals surface area contributed by atoms with E-state index in [1.165, 1.54) is 111 Å². The van der Waals surface area contributed by atoms with Crippen LogP contribution in [0.25, 0.3) is 45.3 Å². The van der Waals surface area contributed by atoms with Crippen LogP contribution in [0.4, 0.5) is 11.4 Å². The molecule has 0 saturated heterocycles. The minimum Gasteiger partial charge on any atom is -0.258 e. The van der Waals surface area contributed by atoms with Crippen molar-refractivity contribution in [2.45, 2.75) is 109 Å². The summed E-state index contributed by atoms with van der Waals surface area (Å²) in [5, 5.41) is 40.5. The van der Waals surface area contributed by atoms with Gasteiger partial charge in [0.1, 0.15) is 11.4 Å². The largest absolute Gasteiger partial charge is 0.269 e. The van der Waals surface area contributed by atoms with E-state index in [2.05, 4.69) is 105 Å². The number of unbranched alkanes of at least 4 members (excludes halogenated alkanes) is 10. The Kier molecular flexibility index (Phi) is 15.6. The predicted molar refractivity (Wildman–Crippen MR) is 283 cm³/mol. The van der Waals surface area contributed by atoms with Gasteiger partial charge in [0, 0.05) is 64.3 Å². The lowest BCUT2D eigenvalue weighted by Crippen LogP contribution is -2.26. The van der Waals surface area contributed by atoms with Gasteiger partial charge < -0.3 is 0 Å². The molecule has 0 aliphatic heterocycles. The molecule has 0 radical (unpaired) electrons. The van der Waals surface area contributed by atoms with Gasteiger partial charge in [-0.25, -0.2) is 9.36 Å². The van der Waals surface area contributed by atoms with Gasteiger partial charge in [-0.15, -0.1) is 10.2 Å². The Morgan fingerprint density at radius 1 is 0.466 bits per heavy atom. The van der Waals surface area contributed by atoms with E-state index in [0.29, 0.717) is 45.0 Å². The van der Waals surface area contributed by atoms with E-state index in [-0.39, 0.29) is 16.8 Å². The fourth-order valence-corrected chi connectivity index (χ4v) is 9.71. The fourth-order valence-electron chi connectivity index (χ4n) is 9.71. The molecule has 0 saturated carbocycles. The lowest BCUT2D eigenvalue weighted by atomic mass is 9.70. The monoisotopic (exact) mass is 968 g/mol. The summed E-state index contributed by atoms with van der Waals surface area (Å²) in [6.45, 7) is 4.53. The van der Waals surface area contributed by atoms with Crippen LogP contribution >= 0.6 is 0 Å². The normalized spacial score (nSPS) is 12.0. The molecule has 1 aliphatic rings. The summed E-state index contributed by atoms with van der Waals surface area (Å²) in [5.74, 6) is 12.3. The number of nitrogens with zero attached hydrogens (tertiary/aromatic N) is 10. The topological polar surface area (TPSA) is 173 Å². The zero-order chi connectivity index (χ0) is 50.6. The van der Waals surface area contributed by atoms with Crippen molar-refractivity contribution < 1.29 is 9.85 Å². The van der Waals surface area contributed by atoms with Crippen LogP contribution in [0.5, 0.6) is 0 Å². The molecule has 4 aromatic carbocycles. The molecular weight excluding hydrogens is 913 g/mol. The van der Waals surface area contributed by atoms with Crippen molar-refractivity contribution in [3.05, 3.63) is 188 Å². The summed E-state index contributed by atoms with van der Waals surface area (Å²) in [6, 6.07) is 33.3. The van der Waals surface area contributed by atoms with Crippen LogP contribution < -0.4 is 0 Å². The summed E-state index contributed by atoms with van der Waals surface area (Å²) in [5.41, 5.74) is 12.2. The van der Waals surface area contributed by atoms with Crippen molar-refractivity contribution in [3.8, 4) is 69.0 Å². The van der Waals surface area contributed by atoms with E-state index in [1.54, 1.807) is 36.7 Å². The number of pyridine rings is 2. The van der Waals surface area contributed by atoms with Gasteiger partial charge in [-0.1, -0.05) is 137 Å². The third kappa shape index (κ3) is 11.6. The Labute approximate surface area is 425 Å². The van der Waals surface area contributed by atoms with Crippen molar-refractivity contribution in [1.82, 2.24) is 40.0 Å². The molecule has 14 heteroatoms. The minimum atomic E-state index is -0.427.